The summed E-state index contributed by atoms with van der Waals surface area (Å²) in [7, 11) is 0. The first-order valence-electron chi connectivity index (χ1n) is 6.45. The van der Waals surface area contributed by atoms with E-state index in [1.165, 1.54) is 11.3 Å². The molecule has 19 heavy (non-hydrogen) atoms. The summed E-state index contributed by atoms with van der Waals surface area (Å²) in [6.07, 6.45) is 4.26. The number of nitrogens with two attached hydrogens (primary N) is 1. The van der Waals surface area contributed by atoms with E-state index in [4.69, 9.17) is 10.9 Å². The van der Waals surface area contributed by atoms with Crippen LogP contribution in [-0.2, 0) is 0 Å². The van der Waals surface area contributed by atoms with Gasteiger partial charge in [-0.15, -0.1) is 11.3 Å². The van der Waals surface area contributed by atoms with E-state index in [9.17, 15) is 4.79 Å². The third kappa shape index (κ3) is 3.26. The first-order chi connectivity index (χ1) is 9.11. The van der Waals surface area contributed by atoms with Crippen LogP contribution in [0, 0.1) is 6.92 Å². The molecule has 1 aliphatic carbocycles. The molecule has 6 heteroatoms. The second kappa shape index (κ2) is 6.06. The van der Waals surface area contributed by atoms with Gasteiger partial charge in [-0.1, -0.05) is 18.0 Å². The maximum Gasteiger partial charge on any atom is 0.264 e. The summed E-state index contributed by atoms with van der Waals surface area (Å²) in [5, 5.41) is 11.7. The van der Waals surface area contributed by atoms with Gasteiger partial charge in [0.15, 0.2) is 5.84 Å². The van der Waals surface area contributed by atoms with E-state index in [0.717, 1.165) is 35.4 Å². The van der Waals surface area contributed by atoms with E-state index in [1.807, 2.05) is 19.1 Å². The zero-order chi connectivity index (χ0) is 13.8. The summed E-state index contributed by atoms with van der Waals surface area (Å²) in [5.41, 5.74) is 5.57. The van der Waals surface area contributed by atoms with Gasteiger partial charge in [-0.2, -0.15) is 0 Å². The number of oxime groups is 1. The van der Waals surface area contributed by atoms with E-state index < -0.39 is 0 Å². The number of rotatable bonds is 4. The van der Waals surface area contributed by atoms with Crippen LogP contribution in [-0.4, -0.2) is 34.4 Å². The van der Waals surface area contributed by atoms with Crippen molar-refractivity contribution in [2.24, 2.45) is 10.9 Å². The third-order valence-corrected chi connectivity index (χ3v) is 4.43. The maximum absolute atomic E-state index is 12.5. The minimum atomic E-state index is -0.0170. The number of amidine groups is 1. The molecular weight excluding hydrogens is 262 g/mol. The molecule has 1 aliphatic rings. The van der Waals surface area contributed by atoms with Crippen molar-refractivity contribution in [3.05, 3.63) is 21.9 Å². The van der Waals surface area contributed by atoms with Crippen LogP contribution in [0.15, 0.2) is 17.3 Å². The van der Waals surface area contributed by atoms with Crippen LogP contribution in [0.25, 0.3) is 0 Å². The van der Waals surface area contributed by atoms with E-state index in [1.54, 1.807) is 4.90 Å². The predicted octanol–water partition coefficient (Wildman–Crippen LogP) is 2.19. The van der Waals surface area contributed by atoms with Gasteiger partial charge in [0.1, 0.15) is 0 Å². The smallest absolute Gasteiger partial charge is 0.264 e. The lowest BCUT2D eigenvalue weighted by Gasteiger charge is -2.28. The lowest BCUT2D eigenvalue weighted by molar-refractivity contribution is 0.0717. The fourth-order valence-corrected chi connectivity index (χ4v) is 3.30. The predicted molar refractivity (Wildman–Crippen MR) is 75.8 cm³/mol. The molecule has 104 valence electrons. The first kappa shape index (κ1) is 13.9. The SMILES string of the molecule is Cc1ccc(C(=O)N(CC(N)=NO)C2CCCC2)s1. The molecule has 0 aromatic carbocycles. The van der Waals surface area contributed by atoms with Gasteiger partial charge in [-0.25, -0.2) is 0 Å². The van der Waals surface area contributed by atoms with Crippen LogP contribution in [0.5, 0.6) is 0 Å². The Bertz CT molecular complexity index is 478. The Balaban J connectivity index is 2.18. The Kier molecular flexibility index (Phi) is 4.42. The highest BCUT2D eigenvalue weighted by atomic mass is 32.1. The molecule has 0 radical (unpaired) electrons. The number of carbonyl (C=O) groups excluding carboxylic acids is 1. The van der Waals surface area contributed by atoms with Crippen LogP contribution in [0.3, 0.4) is 0 Å². The molecule has 0 atom stereocenters. The summed E-state index contributed by atoms with van der Waals surface area (Å²) in [5.74, 6) is 0.0603. The first-order valence-corrected chi connectivity index (χ1v) is 7.27. The lowest BCUT2D eigenvalue weighted by atomic mass is 10.2. The second-order valence-electron chi connectivity index (χ2n) is 4.87. The number of aryl methyl sites for hydroxylation is 1. The van der Waals surface area contributed by atoms with Crippen LogP contribution in [0.1, 0.15) is 40.2 Å². The minimum absolute atomic E-state index is 0.0170. The Hall–Kier alpha value is -1.56. The highest BCUT2D eigenvalue weighted by Gasteiger charge is 2.28. The average molecular weight is 281 g/mol. The van der Waals surface area contributed by atoms with Gasteiger partial charge >= 0.3 is 0 Å². The van der Waals surface area contributed by atoms with Gasteiger partial charge < -0.3 is 15.8 Å². The van der Waals surface area contributed by atoms with Gasteiger partial charge in [0.2, 0.25) is 0 Å². The van der Waals surface area contributed by atoms with Crippen LogP contribution in [0.4, 0.5) is 0 Å². The molecule has 0 aliphatic heterocycles. The van der Waals surface area contributed by atoms with Gasteiger partial charge in [-0.3, -0.25) is 4.79 Å². The van der Waals surface area contributed by atoms with Crippen LogP contribution >= 0.6 is 11.3 Å². The molecule has 0 bridgehead atoms. The summed E-state index contributed by atoms with van der Waals surface area (Å²) >= 11 is 1.48. The quantitative estimate of drug-likeness (QED) is 0.384. The Morgan fingerprint density at radius 1 is 1.53 bits per heavy atom. The normalized spacial score (nSPS) is 16.8. The fourth-order valence-electron chi connectivity index (χ4n) is 2.48. The molecule has 0 unspecified atom stereocenters. The molecule has 1 fully saturated rings. The van der Waals surface area contributed by atoms with E-state index in [2.05, 4.69) is 5.16 Å². The van der Waals surface area contributed by atoms with Crippen molar-refractivity contribution in [1.82, 2.24) is 4.90 Å². The Labute approximate surface area is 116 Å². The summed E-state index contributed by atoms with van der Waals surface area (Å²) in [6, 6.07) is 3.99. The van der Waals surface area contributed by atoms with Gasteiger partial charge in [0.25, 0.3) is 5.91 Å². The molecule has 5 nitrogen and oxygen atoms in total. The van der Waals surface area contributed by atoms with E-state index in [0.29, 0.717) is 0 Å². The summed E-state index contributed by atoms with van der Waals surface area (Å²) in [4.78, 5) is 16.1. The summed E-state index contributed by atoms with van der Waals surface area (Å²) < 4.78 is 0. The van der Waals surface area contributed by atoms with Gasteiger partial charge in [0, 0.05) is 10.9 Å². The largest absolute Gasteiger partial charge is 0.409 e. The van der Waals surface area contributed by atoms with Crippen LogP contribution < -0.4 is 5.73 Å². The standard InChI is InChI=1S/C13H19N3O2S/c1-9-6-7-11(19-9)13(17)16(8-12(14)15-18)10-4-2-3-5-10/h6-7,10,18H,2-5,8H2,1H3,(H2,14,15). The van der Waals surface area contributed by atoms with Crippen molar-refractivity contribution in [2.75, 3.05) is 6.54 Å². The van der Waals surface area contributed by atoms with Crippen molar-refractivity contribution in [3.63, 3.8) is 0 Å². The second-order valence-corrected chi connectivity index (χ2v) is 6.16. The van der Waals surface area contributed by atoms with E-state index >= 15 is 0 Å². The van der Waals surface area contributed by atoms with Crippen molar-refractivity contribution < 1.29 is 10.0 Å². The minimum Gasteiger partial charge on any atom is -0.409 e. The fraction of sp³-hybridized carbons (Fsp3) is 0.538. The molecule has 3 N–H and O–H groups in total. The molecule has 2 rings (SSSR count). The molecule has 1 heterocycles. The topological polar surface area (TPSA) is 78.9 Å². The Morgan fingerprint density at radius 2 is 2.21 bits per heavy atom. The van der Waals surface area contributed by atoms with Crippen molar-refractivity contribution in [3.8, 4) is 0 Å². The highest BCUT2D eigenvalue weighted by molar-refractivity contribution is 7.13. The number of carbonyl (C=O) groups is 1. The molecule has 1 aromatic heterocycles. The summed E-state index contributed by atoms with van der Waals surface area (Å²) in [6.45, 7) is 2.17. The molecule has 1 aromatic rings. The van der Waals surface area contributed by atoms with Gasteiger partial charge in [-0.05, 0) is 31.9 Å². The molecule has 1 saturated carbocycles. The molecule has 0 spiro atoms. The Morgan fingerprint density at radius 3 is 2.74 bits per heavy atom. The number of thiophene rings is 1. The maximum atomic E-state index is 12.5. The third-order valence-electron chi connectivity index (χ3n) is 3.44. The monoisotopic (exact) mass is 281 g/mol. The highest BCUT2D eigenvalue weighted by Crippen LogP contribution is 2.26. The number of amides is 1. The van der Waals surface area contributed by atoms with Crippen LogP contribution in [0.2, 0.25) is 0 Å². The zero-order valence-corrected chi connectivity index (χ0v) is 11.8. The lowest BCUT2D eigenvalue weighted by Crippen LogP contribution is -2.44. The van der Waals surface area contributed by atoms with Crippen molar-refractivity contribution in [2.45, 2.75) is 38.6 Å². The number of hydrogen-bond acceptors (Lipinski definition) is 4. The van der Waals surface area contributed by atoms with Crippen molar-refractivity contribution >= 4 is 23.1 Å². The number of hydrogen-bond donors (Lipinski definition) is 2. The molecular formula is C13H19N3O2S. The molecule has 1 amide bonds. The number of nitrogens with zero attached hydrogens (tertiary/aromatic N) is 2. The van der Waals surface area contributed by atoms with Gasteiger partial charge in [0.05, 0.1) is 11.4 Å². The van der Waals surface area contributed by atoms with E-state index in [-0.39, 0.29) is 24.3 Å². The van der Waals surface area contributed by atoms with Crippen molar-refractivity contribution in [1.29, 1.82) is 0 Å². The molecule has 0 saturated heterocycles. The average Bonchev–Trinajstić information content (AvgIpc) is 3.05. The zero-order valence-electron chi connectivity index (χ0n) is 11.0.